The number of pyridine rings is 2. The summed E-state index contributed by atoms with van der Waals surface area (Å²) in [5.41, 5.74) is 5.95. The van der Waals surface area contributed by atoms with Crippen molar-refractivity contribution >= 4 is 39.5 Å². The lowest BCUT2D eigenvalue weighted by molar-refractivity contribution is -0.136. The summed E-state index contributed by atoms with van der Waals surface area (Å²) in [5, 5.41) is 4.56. The molecule has 2 fully saturated rings. The highest BCUT2D eigenvalue weighted by Gasteiger charge is 2.39. The number of rotatable bonds is 8. The Morgan fingerprint density at radius 3 is 2.47 bits per heavy atom. The van der Waals surface area contributed by atoms with Crippen molar-refractivity contribution in [1.82, 2.24) is 35.1 Å². The maximum atomic E-state index is 12.9. The zero-order chi connectivity index (χ0) is 35.9. The molecule has 53 heavy (non-hydrogen) atoms. The molecule has 3 amide bonds. The average Bonchev–Trinajstić information content (AvgIpc) is 3.69. The first-order valence-electron chi connectivity index (χ1n) is 17.3. The molecular formula is C40H31N7O6. The third-order valence-corrected chi connectivity index (χ3v) is 9.75. The molecule has 3 aliphatic rings. The Morgan fingerprint density at radius 2 is 1.66 bits per heavy atom. The van der Waals surface area contributed by atoms with Crippen LogP contribution in [-0.4, -0.2) is 72.4 Å². The first-order valence-corrected chi connectivity index (χ1v) is 17.3. The van der Waals surface area contributed by atoms with Crippen LogP contribution in [0.15, 0.2) is 85.6 Å². The van der Waals surface area contributed by atoms with Crippen LogP contribution in [0.3, 0.4) is 0 Å². The largest absolute Gasteiger partial charge is 0.481 e. The molecule has 13 heteroatoms. The van der Waals surface area contributed by atoms with Crippen LogP contribution in [0.5, 0.6) is 17.5 Å². The lowest BCUT2D eigenvalue weighted by Crippen LogP contribution is -2.52. The van der Waals surface area contributed by atoms with Crippen molar-refractivity contribution in [2.45, 2.75) is 50.5 Å². The van der Waals surface area contributed by atoms with Crippen LogP contribution in [0.4, 0.5) is 0 Å². The van der Waals surface area contributed by atoms with Crippen molar-refractivity contribution in [3.05, 3.63) is 102 Å². The molecule has 2 aliphatic heterocycles. The van der Waals surface area contributed by atoms with Crippen molar-refractivity contribution in [2.24, 2.45) is 0 Å². The number of piperidine rings is 1. The first kappa shape index (κ1) is 32.1. The van der Waals surface area contributed by atoms with E-state index in [1.54, 1.807) is 36.8 Å². The topological polar surface area (TPSA) is 162 Å². The quantitative estimate of drug-likeness (QED) is 0.167. The molecule has 262 valence electrons. The summed E-state index contributed by atoms with van der Waals surface area (Å²) in [6.45, 7) is 0.376. The number of carbonyl (C=O) groups excluding carboxylic acids is 3. The maximum Gasteiger partial charge on any atom is 0.255 e. The van der Waals surface area contributed by atoms with Crippen LogP contribution in [0.2, 0.25) is 0 Å². The van der Waals surface area contributed by atoms with Crippen LogP contribution in [0, 0.1) is 11.8 Å². The summed E-state index contributed by atoms with van der Waals surface area (Å²) < 4.78 is 17.8. The zero-order valence-electron chi connectivity index (χ0n) is 28.2. The van der Waals surface area contributed by atoms with Crippen LogP contribution >= 0.6 is 0 Å². The molecule has 13 nitrogen and oxygen atoms in total. The number of nitrogens with one attached hydrogen (secondary N) is 2. The van der Waals surface area contributed by atoms with E-state index in [9.17, 15) is 14.4 Å². The molecule has 1 unspecified atom stereocenters. The van der Waals surface area contributed by atoms with Crippen LogP contribution < -0.4 is 19.5 Å². The Hall–Kier alpha value is -6.81. The highest BCUT2D eigenvalue weighted by molar-refractivity contribution is 6.08. The predicted octanol–water partition coefficient (Wildman–Crippen LogP) is 4.75. The third kappa shape index (κ3) is 6.46. The summed E-state index contributed by atoms with van der Waals surface area (Å²) in [6.07, 6.45) is 10.5. The number of ether oxygens (including phenoxy) is 3. The minimum atomic E-state index is -0.661. The molecule has 1 saturated carbocycles. The van der Waals surface area contributed by atoms with E-state index in [1.165, 1.54) is 4.90 Å². The number of hydrogen-bond donors (Lipinski definition) is 2. The highest BCUT2D eigenvalue weighted by atomic mass is 16.5. The normalized spacial score (nSPS) is 19.3. The molecule has 9 rings (SSSR count). The van der Waals surface area contributed by atoms with Gasteiger partial charge in [-0.3, -0.25) is 24.7 Å². The Balaban J connectivity index is 0.724. The molecule has 4 aromatic heterocycles. The second-order valence-electron chi connectivity index (χ2n) is 13.2. The summed E-state index contributed by atoms with van der Waals surface area (Å²) in [5.74, 6) is 6.42. The van der Waals surface area contributed by atoms with E-state index in [0.717, 1.165) is 38.5 Å². The molecule has 1 saturated heterocycles. The molecule has 1 atom stereocenters. The molecule has 0 radical (unpaired) electrons. The smallest absolute Gasteiger partial charge is 0.255 e. The van der Waals surface area contributed by atoms with Gasteiger partial charge in [0.1, 0.15) is 36.3 Å². The Labute approximate surface area is 302 Å². The van der Waals surface area contributed by atoms with Gasteiger partial charge in [0.25, 0.3) is 5.91 Å². The number of aromatic nitrogens is 5. The Kier molecular flexibility index (Phi) is 8.11. The van der Waals surface area contributed by atoms with Gasteiger partial charge in [-0.05, 0) is 59.9 Å². The maximum absolute atomic E-state index is 12.9. The Morgan fingerprint density at radius 1 is 0.811 bits per heavy atom. The van der Waals surface area contributed by atoms with E-state index in [4.69, 9.17) is 14.2 Å². The van der Waals surface area contributed by atoms with Crippen molar-refractivity contribution in [3.63, 3.8) is 0 Å². The van der Waals surface area contributed by atoms with Gasteiger partial charge < -0.3 is 24.1 Å². The van der Waals surface area contributed by atoms with Crippen LogP contribution in [0.1, 0.15) is 47.3 Å². The number of carbonyl (C=O) groups is 3. The number of hydrogen-bond acceptors (Lipinski definition) is 10. The predicted molar refractivity (Wildman–Crippen MR) is 192 cm³/mol. The molecule has 6 heterocycles. The van der Waals surface area contributed by atoms with Gasteiger partial charge in [-0.2, -0.15) is 0 Å². The number of aromatic amines is 1. The third-order valence-electron chi connectivity index (χ3n) is 9.75. The molecule has 6 aromatic rings. The summed E-state index contributed by atoms with van der Waals surface area (Å²) in [7, 11) is 0. The second-order valence-corrected chi connectivity index (χ2v) is 13.2. The van der Waals surface area contributed by atoms with Gasteiger partial charge in [0.05, 0.1) is 12.4 Å². The van der Waals surface area contributed by atoms with Gasteiger partial charge in [0, 0.05) is 83.4 Å². The van der Waals surface area contributed by atoms with E-state index >= 15 is 0 Å². The molecular weight excluding hydrogens is 674 g/mol. The zero-order valence-corrected chi connectivity index (χ0v) is 28.2. The number of H-pyrrole nitrogens is 1. The van der Waals surface area contributed by atoms with Crippen LogP contribution in [-0.2, 0) is 16.1 Å². The van der Waals surface area contributed by atoms with Gasteiger partial charge >= 0.3 is 0 Å². The van der Waals surface area contributed by atoms with Crippen molar-refractivity contribution < 1.29 is 28.6 Å². The number of amides is 3. The standard InChI is InChI=1S/C40H31N7O6/c48-36-9-8-35(39(49)46-36)47-22-25-14-27(5-7-30(25)40(47)50)51-13-1-2-26-19-44-38(21-42-26)53-29-16-28(17-29)52-37-10-4-24(18-43-37)23-3-6-31-32-20-41-12-11-33(32)45-34(31)15-23/h3-7,10-12,14-15,18-21,28-29,35,45H,8-9,13,16-17,22H2,(H,46,48,49). The lowest BCUT2D eigenvalue weighted by atomic mass is 9.92. The molecule has 1 aliphatic carbocycles. The van der Waals surface area contributed by atoms with E-state index < -0.39 is 11.9 Å². The molecule has 2 N–H and O–H groups in total. The minimum absolute atomic E-state index is 0.00296. The molecule has 0 spiro atoms. The van der Waals surface area contributed by atoms with Gasteiger partial charge in [-0.25, -0.2) is 15.0 Å². The van der Waals surface area contributed by atoms with Gasteiger partial charge in [-0.1, -0.05) is 18.1 Å². The summed E-state index contributed by atoms with van der Waals surface area (Å²) in [6, 6.07) is 16.7. The van der Waals surface area contributed by atoms with Gasteiger partial charge in [-0.15, -0.1) is 0 Å². The van der Waals surface area contributed by atoms with E-state index in [-0.39, 0.29) is 43.6 Å². The van der Waals surface area contributed by atoms with E-state index in [2.05, 4.69) is 60.3 Å². The monoisotopic (exact) mass is 705 g/mol. The Bertz CT molecular complexity index is 2460. The summed E-state index contributed by atoms with van der Waals surface area (Å²) >= 11 is 0. The fourth-order valence-corrected chi connectivity index (χ4v) is 6.93. The minimum Gasteiger partial charge on any atom is -0.481 e. The molecule has 0 bridgehead atoms. The fraction of sp³-hybridized carbons (Fsp3) is 0.225. The van der Waals surface area contributed by atoms with E-state index in [0.29, 0.717) is 48.0 Å². The second kappa shape index (κ2) is 13.4. The summed E-state index contributed by atoms with van der Waals surface area (Å²) in [4.78, 5) is 59.1. The number of fused-ring (bicyclic) bond motifs is 4. The molecule has 2 aromatic carbocycles. The highest BCUT2D eigenvalue weighted by Crippen LogP contribution is 2.32. The number of nitrogens with zero attached hydrogens (tertiary/aromatic N) is 5. The number of imide groups is 1. The SMILES string of the molecule is O=C1CCC(N2Cc3cc(OCC#Cc4cnc(OC5CC(Oc6ccc(-c7ccc8c(c7)[nH]c7ccncc78)cn6)C5)cn4)ccc3C2=O)C(=O)N1. The van der Waals surface area contributed by atoms with Crippen LogP contribution in [0.25, 0.3) is 32.9 Å². The fourth-order valence-electron chi connectivity index (χ4n) is 6.93. The first-order chi connectivity index (χ1) is 25.9. The van der Waals surface area contributed by atoms with Gasteiger partial charge in [0.15, 0.2) is 0 Å². The lowest BCUT2D eigenvalue weighted by Gasteiger charge is -2.34. The average molecular weight is 706 g/mol. The van der Waals surface area contributed by atoms with Crippen molar-refractivity contribution in [2.75, 3.05) is 6.61 Å². The van der Waals surface area contributed by atoms with Gasteiger partial charge in [0.2, 0.25) is 23.6 Å². The van der Waals surface area contributed by atoms with E-state index in [1.807, 2.05) is 30.6 Å². The van der Waals surface area contributed by atoms with Crippen molar-refractivity contribution in [1.29, 1.82) is 0 Å². The van der Waals surface area contributed by atoms with Crippen molar-refractivity contribution in [3.8, 4) is 40.5 Å². The number of benzene rings is 2.